The van der Waals surface area contributed by atoms with Gasteiger partial charge >= 0.3 is 5.97 Å². The molecule has 0 saturated carbocycles. The van der Waals surface area contributed by atoms with Crippen molar-refractivity contribution in [2.75, 3.05) is 20.5 Å². The molecule has 5 heteroatoms. The minimum Gasteiger partial charge on any atom is -0.497 e. The fourth-order valence-electron chi connectivity index (χ4n) is 4.88. The van der Waals surface area contributed by atoms with Crippen LogP contribution in [0.5, 0.6) is 17.2 Å². The lowest BCUT2D eigenvalue weighted by Gasteiger charge is -2.25. The molecular weight excluding hydrogens is 392 g/mol. The zero-order chi connectivity index (χ0) is 21.4. The maximum Gasteiger partial charge on any atom is 0.310 e. The molecule has 0 fully saturated rings. The first-order chi connectivity index (χ1) is 15.2. The predicted octanol–water partition coefficient (Wildman–Crippen LogP) is 4.88. The Morgan fingerprint density at radius 2 is 1.61 bits per heavy atom. The lowest BCUT2D eigenvalue weighted by Crippen LogP contribution is -2.26. The Labute approximate surface area is 181 Å². The summed E-state index contributed by atoms with van der Waals surface area (Å²) in [6.45, 7) is 2.40. The van der Waals surface area contributed by atoms with E-state index in [1.807, 2.05) is 55.5 Å². The van der Waals surface area contributed by atoms with Gasteiger partial charge in [-0.15, -0.1) is 0 Å². The van der Waals surface area contributed by atoms with E-state index in [1.54, 1.807) is 7.11 Å². The van der Waals surface area contributed by atoms with E-state index in [4.69, 9.17) is 18.9 Å². The topological polar surface area (TPSA) is 54.0 Å². The summed E-state index contributed by atoms with van der Waals surface area (Å²) >= 11 is 0. The molecule has 0 aromatic heterocycles. The van der Waals surface area contributed by atoms with Gasteiger partial charge in [0.15, 0.2) is 11.5 Å². The number of carbonyl (C=O) groups is 1. The van der Waals surface area contributed by atoms with Crippen molar-refractivity contribution in [3.05, 3.63) is 89.0 Å². The van der Waals surface area contributed by atoms with Crippen LogP contribution in [0.2, 0.25) is 0 Å². The normalized spacial score (nSPS) is 20.9. The number of ether oxygens (including phenoxy) is 4. The van der Waals surface area contributed by atoms with Crippen LogP contribution in [-0.4, -0.2) is 26.5 Å². The minimum absolute atomic E-state index is 0.138. The van der Waals surface area contributed by atoms with Crippen molar-refractivity contribution in [1.29, 1.82) is 0 Å². The number of hydrogen-bond acceptors (Lipinski definition) is 5. The SMILES string of the molecule is CCOC(=O)C1C(c2cccc(OC)c2)c2ccccc2C1c1ccc2c(c1)OCO2. The number of rotatable bonds is 5. The highest BCUT2D eigenvalue weighted by Crippen LogP contribution is 2.54. The Bertz CT molecular complexity index is 1120. The van der Waals surface area contributed by atoms with Gasteiger partial charge in [0, 0.05) is 11.8 Å². The molecule has 2 aliphatic rings. The summed E-state index contributed by atoms with van der Waals surface area (Å²) in [6.07, 6.45) is 0. The van der Waals surface area contributed by atoms with Crippen molar-refractivity contribution < 1.29 is 23.7 Å². The van der Waals surface area contributed by atoms with Crippen LogP contribution in [0.4, 0.5) is 0 Å². The molecule has 158 valence electrons. The van der Waals surface area contributed by atoms with Crippen LogP contribution >= 0.6 is 0 Å². The van der Waals surface area contributed by atoms with Crippen LogP contribution < -0.4 is 14.2 Å². The Hall–Kier alpha value is -3.47. The van der Waals surface area contributed by atoms with Crippen molar-refractivity contribution in [3.8, 4) is 17.2 Å². The zero-order valence-electron chi connectivity index (χ0n) is 17.5. The van der Waals surface area contributed by atoms with Crippen LogP contribution in [0.3, 0.4) is 0 Å². The second-order valence-corrected chi connectivity index (χ2v) is 7.75. The Kier molecular flexibility index (Phi) is 5.02. The third-order valence-electron chi connectivity index (χ3n) is 6.15. The highest BCUT2D eigenvalue weighted by atomic mass is 16.7. The molecule has 0 bridgehead atoms. The molecule has 31 heavy (non-hydrogen) atoms. The summed E-state index contributed by atoms with van der Waals surface area (Å²) in [5.74, 6) is 1.32. The number of carbonyl (C=O) groups excluding carboxylic acids is 1. The summed E-state index contributed by atoms with van der Waals surface area (Å²) < 4.78 is 22.1. The molecule has 3 atom stereocenters. The smallest absolute Gasteiger partial charge is 0.310 e. The van der Waals surface area contributed by atoms with Gasteiger partial charge in [-0.05, 0) is 53.4 Å². The first kappa shape index (κ1) is 19.5. The number of methoxy groups -OCH3 is 1. The average molecular weight is 416 g/mol. The van der Waals surface area contributed by atoms with Crippen LogP contribution in [-0.2, 0) is 9.53 Å². The van der Waals surface area contributed by atoms with Gasteiger partial charge in [0.2, 0.25) is 6.79 Å². The maximum atomic E-state index is 13.4. The first-order valence-corrected chi connectivity index (χ1v) is 10.5. The highest BCUT2D eigenvalue weighted by molar-refractivity contribution is 5.79. The third-order valence-corrected chi connectivity index (χ3v) is 6.15. The summed E-state index contributed by atoms with van der Waals surface area (Å²) in [6, 6.07) is 22.1. The largest absolute Gasteiger partial charge is 0.497 e. The van der Waals surface area contributed by atoms with E-state index in [2.05, 4.69) is 18.2 Å². The monoisotopic (exact) mass is 416 g/mol. The molecule has 1 aliphatic carbocycles. The summed E-state index contributed by atoms with van der Waals surface area (Å²) in [5, 5.41) is 0. The molecule has 0 N–H and O–H groups in total. The number of hydrogen-bond donors (Lipinski definition) is 0. The lowest BCUT2D eigenvalue weighted by atomic mass is 9.79. The van der Waals surface area contributed by atoms with Crippen molar-refractivity contribution in [3.63, 3.8) is 0 Å². The van der Waals surface area contributed by atoms with Crippen molar-refractivity contribution in [2.45, 2.75) is 18.8 Å². The molecule has 0 spiro atoms. The Balaban J connectivity index is 1.68. The molecule has 3 aromatic rings. The number of benzene rings is 3. The van der Waals surface area contributed by atoms with Crippen molar-refractivity contribution in [1.82, 2.24) is 0 Å². The minimum atomic E-state index is -0.398. The summed E-state index contributed by atoms with van der Waals surface area (Å²) in [7, 11) is 1.65. The van der Waals surface area contributed by atoms with Gasteiger partial charge in [-0.1, -0.05) is 42.5 Å². The number of esters is 1. The second-order valence-electron chi connectivity index (χ2n) is 7.75. The Morgan fingerprint density at radius 1 is 0.903 bits per heavy atom. The predicted molar refractivity (Wildman–Crippen MR) is 116 cm³/mol. The van der Waals surface area contributed by atoms with Gasteiger partial charge in [-0.2, -0.15) is 0 Å². The van der Waals surface area contributed by atoms with Crippen LogP contribution in [0.15, 0.2) is 66.7 Å². The van der Waals surface area contributed by atoms with Gasteiger partial charge in [0.25, 0.3) is 0 Å². The molecule has 0 saturated heterocycles. The molecular formula is C26H24O5. The van der Waals surface area contributed by atoms with Gasteiger partial charge in [-0.25, -0.2) is 0 Å². The summed E-state index contributed by atoms with van der Waals surface area (Å²) in [5.41, 5.74) is 4.32. The van der Waals surface area contributed by atoms with E-state index in [0.29, 0.717) is 12.4 Å². The molecule has 3 unspecified atom stereocenters. The average Bonchev–Trinajstić information content (AvgIpc) is 3.41. The van der Waals surface area contributed by atoms with Crippen LogP contribution in [0.1, 0.15) is 41.0 Å². The van der Waals surface area contributed by atoms with Gasteiger partial charge in [0.05, 0.1) is 19.6 Å². The van der Waals surface area contributed by atoms with Gasteiger partial charge < -0.3 is 18.9 Å². The van der Waals surface area contributed by atoms with E-state index in [0.717, 1.165) is 33.8 Å². The fraction of sp³-hybridized carbons (Fsp3) is 0.269. The van der Waals surface area contributed by atoms with Crippen LogP contribution in [0, 0.1) is 5.92 Å². The van der Waals surface area contributed by atoms with Crippen molar-refractivity contribution >= 4 is 5.97 Å². The van der Waals surface area contributed by atoms with E-state index >= 15 is 0 Å². The molecule has 1 heterocycles. The standard InChI is InChI=1S/C26H24O5/c1-3-29-26(27)25-23(16-7-6-8-18(13-16)28-2)19-9-4-5-10-20(19)24(25)17-11-12-21-22(14-17)31-15-30-21/h4-14,23-25H,3,15H2,1-2H3. The van der Waals surface area contributed by atoms with E-state index in [9.17, 15) is 4.79 Å². The fourth-order valence-corrected chi connectivity index (χ4v) is 4.88. The van der Waals surface area contributed by atoms with Gasteiger partial charge in [-0.3, -0.25) is 4.79 Å². The molecule has 0 amide bonds. The van der Waals surface area contributed by atoms with Gasteiger partial charge in [0.1, 0.15) is 5.75 Å². The summed E-state index contributed by atoms with van der Waals surface area (Å²) in [4.78, 5) is 13.4. The lowest BCUT2D eigenvalue weighted by molar-refractivity contribution is -0.148. The molecule has 5 rings (SSSR count). The quantitative estimate of drug-likeness (QED) is 0.555. The Morgan fingerprint density at radius 3 is 2.32 bits per heavy atom. The third kappa shape index (κ3) is 3.30. The molecule has 5 nitrogen and oxygen atoms in total. The second kappa shape index (κ2) is 7.99. The zero-order valence-corrected chi connectivity index (χ0v) is 17.5. The molecule has 0 radical (unpaired) electrons. The van der Waals surface area contributed by atoms with E-state index < -0.39 is 5.92 Å². The highest BCUT2D eigenvalue weighted by Gasteiger charge is 2.47. The first-order valence-electron chi connectivity index (χ1n) is 10.5. The molecule has 1 aliphatic heterocycles. The van der Waals surface area contributed by atoms with E-state index in [1.165, 1.54) is 0 Å². The van der Waals surface area contributed by atoms with E-state index in [-0.39, 0.29) is 24.6 Å². The van der Waals surface area contributed by atoms with Crippen LogP contribution in [0.25, 0.3) is 0 Å². The molecule has 3 aromatic carbocycles. The van der Waals surface area contributed by atoms with Crippen molar-refractivity contribution in [2.24, 2.45) is 5.92 Å². The maximum absolute atomic E-state index is 13.4. The number of fused-ring (bicyclic) bond motifs is 2.